The van der Waals surface area contributed by atoms with Crippen LogP contribution in [-0.4, -0.2) is 28.2 Å². The van der Waals surface area contributed by atoms with E-state index in [4.69, 9.17) is 4.42 Å². The fraction of sp³-hybridized carbons (Fsp3) is 0.316. The molecule has 0 saturated carbocycles. The Morgan fingerprint density at radius 2 is 2.27 bits per heavy atom. The maximum absolute atomic E-state index is 12.6. The zero-order valence-electron chi connectivity index (χ0n) is 14.6. The first-order chi connectivity index (χ1) is 12.5. The van der Waals surface area contributed by atoms with Gasteiger partial charge in [0.15, 0.2) is 5.13 Å². The monoisotopic (exact) mass is 369 g/mol. The molecule has 1 N–H and O–H groups in total. The number of fused-ring (bicyclic) bond motifs is 1. The molecule has 134 valence electrons. The molecule has 1 saturated heterocycles. The van der Waals surface area contributed by atoms with Gasteiger partial charge in [0, 0.05) is 13.0 Å². The van der Waals surface area contributed by atoms with Gasteiger partial charge in [0.2, 0.25) is 11.8 Å². The van der Waals surface area contributed by atoms with Crippen LogP contribution in [0.5, 0.6) is 0 Å². The van der Waals surface area contributed by atoms with Crippen molar-refractivity contribution >= 4 is 38.5 Å². The molecule has 0 aliphatic carbocycles. The lowest BCUT2D eigenvalue weighted by molar-refractivity contribution is -0.128. The van der Waals surface area contributed by atoms with Gasteiger partial charge < -0.3 is 14.6 Å². The fourth-order valence-electron chi connectivity index (χ4n) is 3.32. The van der Waals surface area contributed by atoms with Crippen molar-refractivity contribution in [3.8, 4) is 0 Å². The van der Waals surface area contributed by atoms with Gasteiger partial charge in [-0.15, -0.1) is 0 Å². The predicted molar refractivity (Wildman–Crippen MR) is 100.0 cm³/mol. The van der Waals surface area contributed by atoms with E-state index < -0.39 is 0 Å². The Morgan fingerprint density at radius 1 is 1.42 bits per heavy atom. The first kappa shape index (κ1) is 16.8. The van der Waals surface area contributed by atoms with Crippen LogP contribution < -0.4 is 5.32 Å². The van der Waals surface area contributed by atoms with Crippen molar-refractivity contribution in [1.82, 2.24) is 9.88 Å². The molecule has 26 heavy (non-hydrogen) atoms. The van der Waals surface area contributed by atoms with E-state index in [-0.39, 0.29) is 24.2 Å². The number of carbonyl (C=O) groups excluding carboxylic acids is 2. The summed E-state index contributed by atoms with van der Waals surface area (Å²) in [5.74, 6) is 0.162. The Kier molecular flexibility index (Phi) is 4.24. The molecule has 6 nitrogen and oxygen atoms in total. The summed E-state index contributed by atoms with van der Waals surface area (Å²) in [5, 5.41) is 3.47. The summed E-state index contributed by atoms with van der Waals surface area (Å²) in [6.45, 7) is 4.86. The molecule has 2 amide bonds. The van der Waals surface area contributed by atoms with E-state index in [1.54, 1.807) is 17.2 Å². The van der Waals surface area contributed by atoms with Crippen LogP contribution in [0.2, 0.25) is 0 Å². The number of aromatic nitrogens is 1. The summed E-state index contributed by atoms with van der Waals surface area (Å²) in [4.78, 5) is 31.0. The maximum atomic E-state index is 12.6. The topological polar surface area (TPSA) is 75.4 Å². The Labute approximate surface area is 154 Å². The third-order valence-corrected chi connectivity index (χ3v) is 5.49. The van der Waals surface area contributed by atoms with Crippen LogP contribution in [0.3, 0.4) is 0 Å². The lowest BCUT2D eigenvalue weighted by Crippen LogP contribution is -2.27. The zero-order valence-corrected chi connectivity index (χ0v) is 15.4. The fourth-order valence-corrected chi connectivity index (χ4v) is 4.37. The standard InChI is InChI=1S/C19H19N3O3S/c1-11-6-12(2)17-15(7-11)26-19(20-17)21-18(24)13-8-16(23)22(9-13)10-14-4-3-5-25-14/h3-7,13H,8-10H2,1-2H3,(H,20,21,24)/t13-/m1/s1. The number of rotatable bonds is 4. The van der Waals surface area contributed by atoms with E-state index in [0.717, 1.165) is 21.5 Å². The highest BCUT2D eigenvalue weighted by Crippen LogP contribution is 2.30. The molecule has 2 aromatic heterocycles. The van der Waals surface area contributed by atoms with Crippen molar-refractivity contribution in [2.45, 2.75) is 26.8 Å². The van der Waals surface area contributed by atoms with Crippen molar-refractivity contribution in [3.63, 3.8) is 0 Å². The number of amides is 2. The van der Waals surface area contributed by atoms with Gasteiger partial charge in [-0.25, -0.2) is 4.98 Å². The lowest BCUT2D eigenvalue weighted by Gasteiger charge is -2.14. The average Bonchev–Trinajstić information content (AvgIpc) is 3.29. The van der Waals surface area contributed by atoms with Gasteiger partial charge in [0.25, 0.3) is 0 Å². The van der Waals surface area contributed by atoms with E-state index in [0.29, 0.717) is 18.2 Å². The van der Waals surface area contributed by atoms with Gasteiger partial charge >= 0.3 is 0 Å². The average molecular weight is 369 g/mol. The van der Waals surface area contributed by atoms with Crippen LogP contribution >= 0.6 is 11.3 Å². The van der Waals surface area contributed by atoms with Crippen molar-refractivity contribution in [3.05, 3.63) is 47.4 Å². The van der Waals surface area contributed by atoms with Crippen LogP contribution in [0.1, 0.15) is 23.3 Å². The number of hydrogen-bond acceptors (Lipinski definition) is 5. The maximum Gasteiger partial charge on any atom is 0.231 e. The predicted octanol–water partition coefficient (Wildman–Crippen LogP) is 3.49. The van der Waals surface area contributed by atoms with E-state index >= 15 is 0 Å². The van der Waals surface area contributed by atoms with E-state index in [1.807, 2.05) is 19.9 Å². The molecule has 3 heterocycles. The number of aryl methyl sites for hydroxylation is 2. The summed E-state index contributed by atoms with van der Waals surface area (Å²) in [5.41, 5.74) is 3.18. The summed E-state index contributed by atoms with van der Waals surface area (Å²) in [6, 6.07) is 7.76. The molecule has 1 aromatic carbocycles. The van der Waals surface area contributed by atoms with Crippen molar-refractivity contribution in [2.24, 2.45) is 5.92 Å². The Bertz CT molecular complexity index is 977. The number of benzene rings is 1. The van der Waals surface area contributed by atoms with Gasteiger partial charge in [-0.2, -0.15) is 0 Å². The van der Waals surface area contributed by atoms with Gasteiger partial charge in [0.05, 0.1) is 28.9 Å². The molecule has 0 unspecified atom stereocenters. The highest BCUT2D eigenvalue weighted by atomic mass is 32.1. The molecule has 0 radical (unpaired) electrons. The first-order valence-electron chi connectivity index (χ1n) is 8.48. The van der Waals surface area contributed by atoms with Crippen LogP contribution in [0, 0.1) is 19.8 Å². The number of furan rings is 1. The number of thiazole rings is 1. The zero-order chi connectivity index (χ0) is 18.3. The molecular weight excluding hydrogens is 350 g/mol. The quantitative estimate of drug-likeness (QED) is 0.764. The first-order valence-corrected chi connectivity index (χ1v) is 9.30. The second kappa shape index (κ2) is 6.57. The molecule has 7 heteroatoms. The number of likely N-dealkylation sites (tertiary alicyclic amines) is 1. The van der Waals surface area contributed by atoms with E-state index in [2.05, 4.69) is 22.4 Å². The van der Waals surface area contributed by atoms with Crippen LogP contribution in [0.25, 0.3) is 10.2 Å². The highest BCUT2D eigenvalue weighted by Gasteiger charge is 2.35. The van der Waals surface area contributed by atoms with Crippen molar-refractivity contribution in [1.29, 1.82) is 0 Å². The Hall–Kier alpha value is -2.67. The lowest BCUT2D eigenvalue weighted by atomic mass is 10.1. The SMILES string of the molecule is Cc1cc(C)c2nc(NC(=O)[C@@H]3CC(=O)N(Cc4ccco4)C3)sc2c1. The van der Waals surface area contributed by atoms with Crippen molar-refractivity contribution < 1.29 is 14.0 Å². The molecule has 1 aliphatic rings. The highest BCUT2D eigenvalue weighted by molar-refractivity contribution is 7.22. The Balaban J connectivity index is 1.45. The van der Waals surface area contributed by atoms with Gasteiger partial charge in [-0.05, 0) is 43.2 Å². The van der Waals surface area contributed by atoms with E-state index in [1.165, 1.54) is 16.9 Å². The minimum Gasteiger partial charge on any atom is -0.467 e. The summed E-state index contributed by atoms with van der Waals surface area (Å²) in [6.07, 6.45) is 1.80. The van der Waals surface area contributed by atoms with Gasteiger partial charge in [0.1, 0.15) is 5.76 Å². The molecule has 1 fully saturated rings. The molecule has 0 spiro atoms. The third-order valence-electron chi connectivity index (χ3n) is 4.57. The summed E-state index contributed by atoms with van der Waals surface area (Å²) in [7, 11) is 0. The largest absolute Gasteiger partial charge is 0.467 e. The minimum absolute atomic E-state index is 0.0303. The number of carbonyl (C=O) groups is 2. The second-order valence-electron chi connectivity index (χ2n) is 6.69. The molecule has 1 aliphatic heterocycles. The van der Waals surface area contributed by atoms with Crippen LogP contribution in [0.4, 0.5) is 5.13 Å². The smallest absolute Gasteiger partial charge is 0.231 e. The third kappa shape index (κ3) is 3.22. The molecule has 1 atom stereocenters. The van der Waals surface area contributed by atoms with Crippen LogP contribution in [-0.2, 0) is 16.1 Å². The van der Waals surface area contributed by atoms with Crippen molar-refractivity contribution in [2.75, 3.05) is 11.9 Å². The molecule has 3 aromatic rings. The number of nitrogens with one attached hydrogen (secondary N) is 1. The molecular formula is C19H19N3O3S. The van der Waals surface area contributed by atoms with Gasteiger partial charge in [-0.1, -0.05) is 17.4 Å². The normalized spacial score (nSPS) is 17.2. The molecule has 0 bridgehead atoms. The van der Waals surface area contributed by atoms with Gasteiger partial charge in [-0.3, -0.25) is 9.59 Å². The minimum atomic E-state index is -0.368. The summed E-state index contributed by atoms with van der Waals surface area (Å²) < 4.78 is 6.34. The molecule has 4 rings (SSSR count). The number of hydrogen-bond donors (Lipinski definition) is 1. The number of anilines is 1. The van der Waals surface area contributed by atoms with Crippen LogP contribution in [0.15, 0.2) is 34.9 Å². The second-order valence-corrected chi connectivity index (χ2v) is 7.72. The Morgan fingerprint density at radius 3 is 3.04 bits per heavy atom. The summed E-state index contributed by atoms with van der Waals surface area (Å²) >= 11 is 1.46. The van der Waals surface area contributed by atoms with E-state index in [9.17, 15) is 9.59 Å². The number of nitrogens with zero attached hydrogens (tertiary/aromatic N) is 2.